The highest BCUT2D eigenvalue weighted by atomic mass is 35.5. The molecular formula is C42H45Cl2N3O7. The number of carbonyl (C=O) groups excluding carboxylic acids is 1. The number of methoxy groups -OCH3 is 2. The van der Waals surface area contributed by atoms with E-state index in [1.807, 2.05) is 36.4 Å². The summed E-state index contributed by atoms with van der Waals surface area (Å²) in [6.45, 7) is 2.25. The van der Waals surface area contributed by atoms with Crippen LogP contribution in [0.1, 0.15) is 73.3 Å². The number of Topliss-reactive ketones (excluding diaryl/α,β-unsaturated/α-hetero) is 1. The molecule has 7 rings (SSSR count). The maximum Gasteiger partial charge on any atom is 0.309 e. The van der Waals surface area contributed by atoms with Crippen LogP contribution in [-0.4, -0.2) is 60.8 Å². The van der Waals surface area contributed by atoms with Crippen molar-refractivity contribution in [3.05, 3.63) is 86.9 Å². The molecule has 1 saturated heterocycles. The molecule has 2 atom stereocenters. The van der Waals surface area contributed by atoms with Gasteiger partial charge in [-0.15, -0.1) is 0 Å². The molecule has 3 aliphatic rings. The highest BCUT2D eigenvalue weighted by Gasteiger charge is 2.40. The first-order chi connectivity index (χ1) is 26.2. The van der Waals surface area contributed by atoms with Crippen LogP contribution in [0, 0.1) is 11.3 Å². The molecule has 0 amide bonds. The molecular weight excluding hydrogens is 729 g/mol. The number of carbonyl (C=O) groups is 2. The molecule has 2 aromatic carbocycles. The Labute approximate surface area is 325 Å². The molecule has 3 heterocycles. The van der Waals surface area contributed by atoms with Gasteiger partial charge in [0.15, 0.2) is 0 Å². The number of aryl methyl sites for hydroxylation is 1. The molecule has 2 N–H and O–H groups in total. The van der Waals surface area contributed by atoms with E-state index in [1.54, 1.807) is 20.3 Å². The average Bonchev–Trinajstić information content (AvgIpc) is 3.80. The van der Waals surface area contributed by atoms with Gasteiger partial charge in [0.1, 0.15) is 16.9 Å². The van der Waals surface area contributed by atoms with Gasteiger partial charge in [-0.3, -0.25) is 9.59 Å². The fourth-order valence-corrected chi connectivity index (χ4v) is 8.65. The van der Waals surface area contributed by atoms with Gasteiger partial charge in [-0.2, -0.15) is 4.98 Å². The van der Waals surface area contributed by atoms with Crippen molar-refractivity contribution in [1.29, 1.82) is 0 Å². The van der Waals surface area contributed by atoms with Gasteiger partial charge in [0, 0.05) is 54.9 Å². The lowest BCUT2D eigenvalue weighted by atomic mass is 9.76. The van der Waals surface area contributed by atoms with E-state index >= 15 is 0 Å². The lowest BCUT2D eigenvalue weighted by Gasteiger charge is -2.33. The molecule has 2 aromatic heterocycles. The number of fused-ring (bicyclic) bond motifs is 1. The number of hydrogen-bond acceptors (Lipinski definition) is 9. The molecule has 0 radical (unpaired) electrons. The number of rotatable bonds is 14. The Balaban J connectivity index is 1.08. The van der Waals surface area contributed by atoms with Gasteiger partial charge in [-0.25, -0.2) is 4.98 Å². The molecule has 0 spiro atoms. The normalized spacial score (nSPS) is 19.1. The van der Waals surface area contributed by atoms with Crippen molar-refractivity contribution < 1.29 is 33.6 Å². The van der Waals surface area contributed by atoms with Crippen molar-refractivity contribution in [2.75, 3.05) is 34.0 Å². The molecule has 2 aliphatic carbocycles. The molecule has 4 aromatic rings. The smallest absolute Gasteiger partial charge is 0.309 e. The molecule has 1 saturated carbocycles. The Morgan fingerprint density at radius 1 is 0.926 bits per heavy atom. The number of carboxylic acid groups (broad SMARTS) is 1. The molecule has 1 aliphatic heterocycles. The Bertz CT molecular complexity index is 2030. The fourth-order valence-electron chi connectivity index (χ4n) is 8.11. The largest absolute Gasteiger partial charge is 0.481 e. The minimum atomic E-state index is -0.844. The number of pyridine rings is 2. The first kappa shape index (κ1) is 38.1. The molecule has 284 valence electrons. The zero-order valence-electron chi connectivity index (χ0n) is 30.6. The SMILES string of the molecule is COc1nc(-c2cccc(-c3cccc4c3CC[C@@H]4Oc3nc(OC)c(CCC4(C(=O)O)CCOCC4)cc3Cl)c2Cl)ccc1CNC[C@@H]1CCC(=O)C1. The highest BCUT2D eigenvalue weighted by molar-refractivity contribution is 6.36. The van der Waals surface area contributed by atoms with E-state index in [-0.39, 0.29) is 12.0 Å². The van der Waals surface area contributed by atoms with Gasteiger partial charge in [-0.1, -0.05) is 65.7 Å². The van der Waals surface area contributed by atoms with Crippen LogP contribution in [-0.2, 0) is 33.7 Å². The number of aromatic nitrogens is 2. The molecule has 0 unspecified atom stereocenters. The summed E-state index contributed by atoms with van der Waals surface area (Å²) in [5, 5.41) is 14.4. The monoisotopic (exact) mass is 773 g/mol. The number of ketones is 1. The summed E-state index contributed by atoms with van der Waals surface area (Å²) in [6, 6.07) is 17.9. The van der Waals surface area contributed by atoms with E-state index in [0.29, 0.717) is 97.5 Å². The van der Waals surface area contributed by atoms with Crippen molar-refractivity contribution in [2.45, 2.75) is 70.4 Å². The van der Waals surface area contributed by atoms with Crippen LogP contribution >= 0.6 is 23.2 Å². The number of nitrogens with zero attached hydrogens (tertiary/aromatic N) is 2. The number of hydrogen-bond donors (Lipinski definition) is 2. The molecule has 0 bridgehead atoms. The Morgan fingerprint density at radius 3 is 2.41 bits per heavy atom. The van der Waals surface area contributed by atoms with Crippen molar-refractivity contribution in [3.63, 3.8) is 0 Å². The van der Waals surface area contributed by atoms with E-state index in [0.717, 1.165) is 64.8 Å². The van der Waals surface area contributed by atoms with Gasteiger partial charge in [0.25, 0.3) is 0 Å². The van der Waals surface area contributed by atoms with E-state index < -0.39 is 11.4 Å². The fraction of sp³-hybridized carbons (Fsp3) is 0.429. The first-order valence-corrected chi connectivity index (χ1v) is 19.3. The van der Waals surface area contributed by atoms with E-state index in [9.17, 15) is 14.7 Å². The van der Waals surface area contributed by atoms with Gasteiger partial charge in [-0.05, 0) is 86.2 Å². The van der Waals surface area contributed by atoms with Crippen molar-refractivity contribution in [2.24, 2.45) is 11.3 Å². The molecule has 10 nitrogen and oxygen atoms in total. The van der Waals surface area contributed by atoms with Crippen molar-refractivity contribution in [3.8, 4) is 40.0 Å². The average molecular weight is 775 g/mol. The number of ether oxygens (including phenoxy) is 4. The summed E-state index contributed by atoms with van der Waals surface area (Å²) < 4.78 is 23.3. The van der Waals surface area contributed by atoms with Crippen LogP contribution in [0.2, 0.25) is 10.0 Å². The topological polar surface area (TPSA) is 129 Å². The van der Waals surface area contributed by atoms with Crippen LogP contribution in [0.5, 0.6) is 17.6 Å². The quantitative estimate of drug-likeness (QED) is 0.129. The number of carboxylic acids is 1. The number of nitrogens with one attached hydrogen (secondary N) is 1. The van der Waals surface area contributed by atoms with Crippen molar-refractivity contribution >= 4 is 35.0 Å². The predicted octanol–water partition coefficient (Wildman–Crippen LogP) is 8.47. The zero-order valence-corrected chi connectivity index (χ0v) is 32.1. The summed E-state index contributed by atoms with van der Waals surface area (Å²) in [5.74, 6) is 1.10. The molecule has 12 heteroatoms. The van der Waals surface area contributed by atoms with E-state index in [2.05, 4.69) is 22.4 Å². The van der Waals surface area contributed by atoms with E-state index in [1.165, 1.54) is 0 Å². The third-order valence-electron chi connectivity index (χ3n) is 11.2. The van der Waals surface area contributed by atoms with E-state index in [4.69, 9.17) is 47.1 Å². The second kappa shape index (κ2) is 16.7. The minimum absolute atomic E-state index is 0.270. The zero-order chi connectivity index (χ0) is 37.8. The number of aliphatic carboxylic acids is 1. The van der Waals surface area contributed by atoms with Crippen LogP contribution in [0.15, 0.2) is 54.6 Å². The second-order valence-corrected chi connectivity index (χ2v) is 15.3. The molecule has 2 fully saturated rings. The number of halogens is 2. The third kappa shape index (κ3) is 7.94. The summed E-state index contributed by atoms with van der Waals surface area (Å²) in [4.78, 5) is 33.4. The Kier molecular flexibility index (Phi) is 11.7. The first-order valence-electron chi connectivity index (χ1n) is 18.6. The van der Waals surface area contributed by atoms with Crippen LogP contribution < -0.4 is 19.5 Å². The minimum Gasteiger partial charge on any atom is -0.481 e. The summed E-state index contributed by atoms with van der Waals surface area (Å²) in [5.41, 5.74) is 6.45. The number of benzene rings is 2. The van der Waals surface area contributed by atoms with Crippen LogP contribution in [0.25, 0.3) is 22.4 Å². The second-order valence-electron chi connectivity index (χ2n) is 14.5. The van der Waals surface area contributed by atoms with Crippen LogP contribution in [0.3, 0.4) is 0 Å². The predicted molar refractivity (Wildman–Crippen MR) is 207 cm³/mol. The highest BCUT2D eigenvalue weighted by Crippen LogP contribution is 2.45. The summed E-state index contributed by atoms with van der Waals surface area (Å²) in [7, 11) is 3.16. The van der Waals surface area contributed by atoms with Crippen LogP contribution in [0.4, 0.5) is 0 Å². The summed E-state index contributed by atoms with van der Waals surface area (Å²) in [6.07, 6.45) is 5.29. The Hall–Kier alpha value is -4.22. The maximum atomic E-state index is 12.2. The summed E-state index contributed by atoms with van der Waals surface area (Å²) >= 11 is 14.0. The maximum absolute atomic E-state index is 12.2. The van der Waals surface area contributed by atoms with Gasteiger partial charge >= 0.3 is 5.97 Å². The molecule has 54 heavy (non-hydrogen) atoms. The van der Waals surface area contributed by atoms with Gasteiger partial charge < -0.3 is 29.4 Å². The van der Waals surface area contributed by atoms with Crippen molar-refractivity contribution in [1.82, 2.24) is 15.3 Å². The van der Waals surface area contributed by atoms with Gasteiger partial charge in [0.2, 0.25) is 17.6 Å². The standard InChI is InChI=1S/C42H45Cl2N3O7/c1-51-38-26(15-16-42(41(49)50)17-19-53-20-18-42)22-34(43)40(47-38)54-36-14-12-30-29(5-3-6-31(30)36)32-7-4-8-33(37(32)44)35-13-10-27(39(46-35)52-2)24-45-23-25-9-11-28(48)21-25/h3-8,10,13,22,25,36,45H,9,11-12,14-21,23-24H2,1-2H3,(H,49,50)/t25-,36+/m1/s1. The lowest BCUT2D eigenvalue weighted by Crippen LogP contribution is -2.37. The van der Waals surface area contributed by atoms with Gasteiger partial charge in [0.05, 0.1) is 30.4 Å². The Morgan fingerprint density at radius 2 is 1.67 bits per heavy atom. The third-order valence-corrected chi connectivity index (χ3v) is 11.9. The lowest BCUT2D eigenvalue weighted by molar-refractivity contribution is -0.155.